The molecular weight excluding hydrogens is 262 g/mol. The standard InChI is InChI=1S/C18H21NO2/c1-15(17-12-6-3-7-13-17)21-18(20)19-14-8-11-16-9-4-2-5-10-16/h2-7,9-10,12-13,15H,8,11,14H2,1H3,(H,19,20). The maximum absolute atomic E-state index is 11.7. The van der Waals surface area contributed by atoms with E-state index in [-0.39, 0.29) is 12.2 Å². The molecule has 0 aliphatic rings. The van der Waals surface area contributed by atoms with Gasteiger partial charge in [-0.1, -0.05) is 60.7 Å². The van der Waals surface area contributed by atoms with Crippen molar-refractivity contribution in [2.75, 3.05) is 6.54 Å². The van der Waals surface area contributed by atoms with E-state index >= 15 is 0 Å². The van der Waals surface area contributed by atoms with Crippen LogP contribution in [0.2, 0.25) is 0 Å². The summed E-state index contributed by atoms with van der Waals surface area (Å²) in [6.45, 7) is 2.49. The van der Waals surface area contributed by atoms with Crippen molar-refractivity contribution in [1.29, 1.82) is 0 Å². The first-order chi connectivity index (χ1) is 10.3. The highest BCUT2D eigenvalue weighted by Gasteiger charge is 2.10. The van der Waals surface area contributed by atoms with Crippen LogP contribution >= 0.6 is 0 Å². The second-order valence-electron chi connectivity index (χ2n) is 4.97. The van der Waals surface area contributed by atoms with Crippen LogP contribution in [0.1, 0.15) is 30.6 Å². The summed E-state index contributed by atoms with van der Waals surface area (Å²) in [5, 5.41) is 2.79. The van der Waals surface area contributed by atoms with E-state index in [1.165, 1.54) is 5.56 Å². The second-order valence-corrected chi connectivity index (χ2v) is 4.97. The Morgan fingerprint density at radius 2 is 1.67 bits per heavy atom. The maximum Gasteiger partial charge on any atom is 0.407 e. The van der Waals surface area contributed by atoms with Gasteiger partial charge in [-0.2, -0.15) is 0 Å². The second kappa shape index (κ2) is 8.10. The Morgan fingerprint density at radius 1 is 1.05 bits per heavy atom. The monoisotopic (exact) mass is 283 g/mol. The number of carbonyl (C=O) groups excluding carboxylic acids is 1. The molecule has 0 radical (unpaired) electrons. The predicted molar refractivity (Wildman–Crippen MR) is 84.1 cm³/mol. The first-order valence-electron chi connectivity index (χ1n) is 7.29. The van der Waals surface area contributed by atoms with Crippen LogP contribution in [0, 0.1) is 0 Å². The Morgan fingerprint density at radius 3 is 2.33 bits per heavy atom. The third kappa shape index (κ3) is 5.30. The van der Waals surface area contributed by atoms with Gasteiger partial charge in [0.05, 0.1) is 0 Å². The molecule has 3 heteroatoms. The summed E-state index contributed by atoms with van der Waals surface area (Å²) in [5.41, 5.74) is 2.28. The summed E-state index contributed by atoms with van der Waals surface area (Å²) < 4.78 is 5.34. The zero-order valence-corrected chi connectivity index (χ0v) is 12.3. The van der Waals surface area contributed by atoms with Crippen LogP contribution in [-0.4, -0.2) is 12.6 Å². The number of hydrogen-bond acceptors (Lipinski definition) is 2. The number of alkyl carbamates (subject to hydrolysis) is 1. The molecule has 2 rings (SSSR count). The van der Waals surface area contributed by atoms with E-state index in [4.69, 9.17) is 4.74 Å². The minimum absolute atomic E-state index is 0.236. The Balaban J connectivity index is 1.66. The Labute approximate surface area is 126 Å². The highest BCUT2D eigenvalue weighted by atomic mass is 16.6. The number of ether oxygens (including phenoxy) is 1. The van der Waals surface area contributed by atoms with Gasteiger partial charge in [-0.3, -0.25) is 0 Å². The predicted octanol–water partition coefficient (Wildman–Crippen LogP) is 4.11. The van der Waals surface area contributed by atoms with Crippen molar-refractivity contribution in [3.05, 3.63) is 71.8 Å². The van der Waals surface area contributed by atoms with E-state index in [1.807, 2.05) is 55.5 Å². The summed E-state index contributed by atoms with van der Waals surface area (Å²) >= 11 is 0. The molecule has 1 unspecified atom stereocenters. The van der Waals surface area contributed by atoms with E-state index in [0.29, 0.717) is 6.54 Å². The first-order valence-corrected chi connectivity index (χ1v) is 7.29. The van der Waals surface area contributed by atoms with Crippen LogP contribution in [0.4, 0.5) is 4.79 Å². The van der Waals surface area contributed by atoms with E-state index in [0.717, 1.165) is 18.4 Å². The van der Waals surface area contributed by atoms with Gasteiger partial charge in [-0.05, 0) is 30.9 Å². The number of aryl methyl sites for hydroxylation is 1. The molecule has 0 fully saturated rings. The molecule has 110 valence electrons. The number of nitrogens with one attached hydrogen (secondary N) is 1. The SMILES string of the molecule is CC(OC(=O)NCCCc1ccccc1)c1ccccc1. The Kier molecular flexibility index (Phi) is 5.83. The van der Waals surface area contributed by atoms with Crippen molar-refractivity contribution in [3.8, 4) is 0 Å². The molecular formula is C18H21NO2. The molecule has 0 spiro atoms. The lowest BCUT2D eigenvalue weighted by molar-refractivity contribution is 0.107. The van der Waals surface area contributed by atoms with Gasteiger partial charge in [0.2, 0.25) is 0 Å². The minimum atomic E-state index is -0.362. The van der Waals surface area contributed by atoms with Crippen LogP contribution < -0.4 is 5.32 Å². The quantitative estimate of drug-likeness (QED) is 0.810. The fourth-order valence-corrected chi connectivity index (χ4v) is 2.12. The van der Waals surface area contributed by atoms with Crippen LogP contribution in [0.5, 0.6) is 0 Å². The van der Waals surface area contributed by atoms with E-state index in [1.54, 1.807) is 0 Å². The van der Waals surface area contributed by atoms with Gasteiger partial charge in [0, 0.05) is 6.54 Å². The molecule has 2 aromatic carbocycles. The number of carbonyl (C=O) groups is 1. The van der Waals surface area contributed by atoms with Crippen molar-refractivity contribution in [2.24, 2.45) is 0 Å². The average molecular weight is 283 g/mol. The zero-order chi connectivity index (χ0) is 14.9. The van der Waals surface area contributed by atoms with Gasteiger partial charge < -0.3 is 10.1 Å². The highest BCUT2D eigenvalue weighted by Crippen LogP contribution is 2.15. The van der Waals surface area contributed by atoms with Crippen molar-refractivity contribution in [2.45, 2.75) is 25.9 Å². The van der Waals surface area contributed by atoms with Crippen molar-refractivity contribution in [1.82, 2.24) is 5.32 Å². The zero-order valence-electron chi connectivity index (χ0n) is 12.3. The van der Waals surface area contributed by atoms with Crippen LogP contribution in [-0.2, 0) is 11.2 Å². The lowest BCUT2D eigenvalue weighted by Crippen LogP contribution is -2.26. The fourth-order valence-electron chi connectivity index (χ4n) is 2.12. The molecule has 21 heavy (non-hydrogen) atoms. The van der Waals surface area contributed by atoms with Gasteiger partial charge in [-0.25, -0.2) is 4.79 Å². The van der Waals surface area contributed by atoms with Gasteiger partial charge in [0.25, 0.3) is 0 Å². The van der Waals surface area contributed by atoms with Gasteiger partial charge in [0.15, 0.2) is 0 Å². The fraction of sp³-hybridized carbons (Fsp3) is 0.278. The first kappa shape index (κ1) is 15.1. The molecule has 2 aromatic rings. The number of hydrogen-bond donors (Lipinski definition) is 1. The molecule has 1 amide bonds. The van der Waals surface area contributed by atoms with E-state index < -0.39 is 0 Å². The van der Waals surface area contributed by atoms with Crippen LogP contribution in [0.15, 0.2) is 60.7 Å². The van der Waals surface area contributed by atoms with Crippen molar-refractivity contribution < 1.29 is 9.53 Å². The molecule has 1 atom stereocenters. The molecule has 0 bridgehead atoms. The normalized spacial score (nSPS) is 11.7. The third-order valence-electron chi connectivity index (χ3n) is 3.31. The van der Waals surface area contributed by atoms with E-state index in [2.05, 4.69) is 17.4 Å². The van der Waals surface area contributed by atoms with Crippen molar-refractivity contribution >= 4 is 6.09 Å². The van der Waals surface area contributed by atoms with E-state index in [9.17, 15) is 4.79 Å². The lowest BCUT2D eigenvalue weighted by Gasteiger charge is -2.14. The largest absolute Gasteiger partial charge is 0.442 e. The number of benzene rings is 2. The summed E-state index contributed by atoms with van der Waals surface area (Å²) in [7, 11) is 0. The highest BCUT2D eigenvalue weighted by molar-refractivity contribution is 5.67. The van der Waals surface area contributed by atoms with Crippen LogP contribution in [0.25, 0.3) is 0 Å². The lowest BCUT2D eigenvalue weighted by atomic mass is 10.1. The van der Waals surface area contributed by atoms with Gasteiger partial charge >= 0.3 is 6.09 Å². The number of amides is 1. The Hall–Kier alpha value is -2.29. The molecule has 0 saturated heterocycles. The summed E-state index contributed by atoms with van der Waals surface area (Å²) in [6.07, 6.45) is 1.26. The Bertz CT molecular complexity index is 540. The molecule has 0 heterocycles. The summed E-state index contributed by atoms with van der Waals surface area (Å²) in [6, 6.07) is 20.0. The minimum Gasteiger partial charge on any atom is -0.442 e. The van der Waals surface area contributed by atoms with Crippen LogP contribution in [0.3, 0.4) is 0 Å². The van der Waals surface area contributed by atoms with Gasteiger partial charge in [0.1, 0.15) is 6.10 Å². The molecule has 3 nitrogen and oxygen atoms in total. The van der Waals surface area contributed by atoms with Crippen molar-refractivity contribution in [3.63, 3.8) is 0 Å². The molecule has 1 N–H and O–H groups in total. The maximum atomic E-state index is 11.7. The summed E-state index contributed by atoms with van der Waals surface area (Å²) in [5.74, 6) is 0. The molecule has 0 aliphatic heterocycles. The summed E-state index contributed by atoms with van der Waals surface area (Å²) in [4.78, 5) is 11.7. The molecule has 0 saturated carbocycles. The number of rotatable bonds is 6. The topological polar surface area (TPSA) is 38.3 Å². The third-order valence-corrected chi connectivity index (χ3v) is 3.31. The average Bonchev–Trinajstić information content (AvgIpc) is 2.53. The van der Waals surface area contributed by atoms with Gasteiger partial charge in [-0.15, -0.1) is 0 Å². The molecule has 0 aliphatic carbocycles. The molecule has 0 aromatic heterocycles. The smallest absolute Gasteiger partial charge is 0.407 e.